The maximum Gasteiger partial charge on any atom is 0.309 e. The van der Waals surface area contributed by atoms with E-state index in [0.29, 0.717) is 6.42 Å². The molecule has 0 aromatic rings. The Balaban J connectivity index is 3.25. The summed E-state index contributed by atoms with van der Waals surface area (Å²) in [6.07, 6.45) is 5.10. The third-order valence-electron chi connectivity index (χ3n) is 0.955. The van der Waals surface area contributed by atoms with E-state index in [0.717, 1.165) is 11.8 Å². The van der Waals surface area contributed by atoms with Crippen LogP contribution in [0.4, 0.5) is 0 Å². The van der Waals surface area contributed by atoms with Gasteiger partial charge in [-0.1, -0.05) is 28.1 Å². The number of ether oxygens (including phenoxy) is 1. The Kier molecular flexibility index (Phi) is 6.59. The zero-order chi connectivity index (χ0) is 7.82. The molecule has 0 radical (unpaired) electrons. The lowest BCUT2D eigenvalue weighted by Crippen LogP contribution is -1.96. The zero-order valence-electron chi connectivity index (χ0n) is 5.97. The fourth-order valence-electron chi connectivity index (χ4n) is 0.444. The van der Waals surface area contributed by atoms with Crippen molar-refractivity contribution < 1.29 is 9.53 Å². The molecule has 0 aromatic carbocycles. The number of allylic oxidation sites excluding steroid dienone is 1. The molecule has 0 amide bonds. The van der Waals surface area contributed by atoms with Gasteiger partial charge < -0.3 is 4.74 Å². The number of carbonyl (C=O) groups is 1. The van der Waals surface area contributed by atoms with Gasteiger partial charge in [-0.2, -0.15) is 0 Å². The summed E-state index contributed by atoms with van der Waals surface area (Å²) >= 11 is 3.27. The summed E-state index contributed by atoms with van der Waals surface area (Å²) < 4.78 is 4.43. The summed E-state index contributed by atoms with van der Waals surface area (Å²) in [4.78, 5) is 10.5. The van der Waals surface area contributed by atoms with Gasteiger partial charge in [-0.25, -0.2) is 0 Å². The van der Waals surface area contributed by atoms with Gasteiger partial charge in [-0.15, -0.1) is 0 Å². The molecule has 0 saturated heterocycles. The van der Waals surface area contributed by atoms with Crippen molar-refractivity contribution in [3.8, 4) is 0 Å². The molecule has 10 heavy (non-hydrogen) atoms. The van der Waals surface area contributed by atoms with Crippen LogP contribution in [0.5, 0.6) is 0 Å². The standard InChI is InChI=1S/C7H11BrO2/c1-10-7(9)5-3-2-4-6-8/h2-3H,4-6H2,1H3. The molecule has 0 atom stereocenters. The number of methoxy groups -OCH3 is 1. The SMILES string of the molecule is COC(=O)CC=CCCBr. The second-order valence-electron chi connectivity index (χ2n) is 1.73. The third kappa shape index (κ3) is 5.82. The second-order valence-corrected chi connectivity index (χ2v) is 2.52. The minimum atomic E-state index is -0.189. The van der Waals surface area contributed by atoms with Crippen molar-refractivity contribution in [3.63, 3.8) is 0 Å². The highest BCUT2D eigenvalue weighted by atomic mass is 79.9. The van der Waals surface area contributed by atoms with Crippen molar-refractivity contribution in [3.05, 3.63) is 12.2 Å². The largest absolute Gasteiger partial charge is 0.469 e. The quantitative estimate of drug-likeness (QED) is 0.399. The summed E-state index contributed by atoms with van der Waals surface area (Å²) in [5.41, 5.74) is 0. The average Bonchev–Trinajstić information content (AvgIpc) is 1.98. The molecule has 0 rings (SSSR count). The van der Waals surface area contributed by atoms with Gasteiger partial charge in [0.05, 0.1) is 13.5 Å². The van der Waals surface area contributed by atoms with E-state index in [1.807, 2.05) is 12.2 Å². The first kappa shape index (κ1) is 9.69. The highest BCUT2D eigenvalue weighted by Crippen LogP contribution is 1.92. The molecule has 0 unspecified atom stereocenters. The van der Waals surface area contributed by atoms with E-state index in [2.05, 4.69) is 20.7 Å². The fourth-order valence-corrected chi connectivity index (χ4v) is 0.708. The summed E-state index contributed by atoms with van der Waals surface area (Å²) in [5, 5.41) is 0.935. The maximum absolute atomic E-state index is 10.5. The van der Waals surface area contributed by atoms with E-state index >= 15 is 0 Å². The molecule has 58 valence electrons. The van der Waals surface area contributed by atoms with Crippen LogP contribution >= 0.6 is 15.9 Å². The Morgan fingerprint density at radius 1 is 1.60 bits per heavy atom. The number of carbonyl (C=O) groups excluding carboxylic acids is 1. The smallest absolute Gasteiger partial charge is 0.309 e. The van der Waals surface area contributed by atoms with Crippen molar-refractivity contribution in [2.75, 3.05) is 12.4 Å². The Morgan fingerprint density at radius 2 is 2.30 bits per heavy atom. The Labute approximate surface area is 69.4 Å². The summed E-state index contributed by atoms with van der Waals surface area (Å²) in [6.45, 7) is 0. The van der Waals surface area contributed by atoms with Crippen molar-refractivity contribution in [2.24, 2.45) is 0 Å². The van der Waals surface area contributed by atoms with Gasteiger partial charge in [-0.3, -0.25) is 4.79 Å². The predicted octanol–water partition coefficient (Wildman–Crippen LogP) is 1.89. The molecule has 0 spiro atoms. The first-order valence-corrected chi connectivity index (χ1v) is 4.21. The molecule has 0 aliphatic rings. The number of hydrogen-bond acceptors (Lipinski definition) is 2. The van der Waals surface area contributed by atoms with Crippen LogP contribution in [0, 0.1) is 0 Å². The van der Waals surface area contributed by atoms with Crippen LogP contribution in [-0.2, 0) is 9.53 Å². The van der Waals surface area contributed by atoms with Crippen molar-refractivity contribution >= 4 is 21.9 Å². The minimum Gasteiger partial charge on any atom is -0.469 e. The predicted molar refractivity (Wildman–Crippen MR) is 44.2 cm³/mol. The summed E-state index contributed by atoms with van der Waals surface area (Å²) in [7, 11) is 1.39. The van der Waals surface area contributed by atoms with Crippen LogP contribution in [0.25, 0.3) is 0 Å². The molecule has 3 heteroatoms. The Hall–Kier alpha value is -0.310. The lowest BCUT2D eigenvalue weighted by Gasteiger charge is -1.90. The number of rotatable bonds is 4. The van der Waals surface area contributed by atoms with Crippen LogP contribution in [0.1, 0.15) is 12.8 Å². The molecule has 0 aliphatic carbocycles. The van der Waals surface area contributed by atoms with E-state index in [1.165, 1.54) is 7.11 Å². The molecular weight excluding hydrogens is 196 g/mol. The lowest BCUT2D eigenvalue weighted by atomic mass is 10.3. The number of halogens is 1. The van der Waals surface area contributed by atoms with Crippen molar-refractivity contribution in [2.45, 2.75) is 12.8 Å². The van der Waals surface area contributed by atoms with Gasteiger partial charge in [0.2, 0.25) is 0 Å². The monoisotopic (exact) mass is 206 g/mol. The van der Waals surface area contributed by atoms with E-state index < -0.39 is 0 Å². The van der Waals surface area contributed by atoms with Crippen LogP contribution in [0.15, 0.2) is 12.2 Å². The molecular formula is C7H11BrO2. The topological polar surface area (TPSA) is 26.3 Å². The molecule has 0 bridgehead atoms. The highest BCUT2D eigenvalue weighted by molar-refractivity contribution is 9.09. The van der Waals surface area contributed by atoms with E-state index in [1.54, 1.807) is 0 Å². The first-order chi connectivity index (χ1) is 4.81. The van der Waals surface area contributed by atoms with Crippen molar-refractivity contribution in [1.82, 2.24) is 0 Å². The number of esters is 1. The van der Waals surface area contributed by atoms with Crippen molar-refractivity contribution in [1.29, 1.82) is 0 Å². The third-order valence-corrected chi connectivity index (χ3v) is 1.41. The van der Waals surface area contributed by atoms with Crippen LogP contribution in [0.2, 0.25) is 0 Å². The van der Waals surface area contributed by atoms with Gasteiger partial charge in [-0.05, 0) is 6.42 Å². The number of hydrogen-bond donors (Lipinski definition) is 0. The Morgan fingerprint density at radius 3 is 2.80 bits per heavy atom. The molecule has 2 nitrogen and oxygen atoms in total. The Bertz CT molecular complexity index is 121. The fraction of sp³-hybridized carbons (Fsp3) is 0.571. The molecule has 0 aromatic heterocycles. The van der Waals surface area contributed by atoms with Crippen LogP contribution in [0.3, 0.4) is 0 Å². The van der Waals surface area contributed by atoms with E-state index in [9.17, 15) is 4.79 Å². The van der Waals surface area contributed by atoms with Crippen LogP contribution in [-0.4, -0.2) is 18.4 Å². The average molecular weight is 207 g/mol. The minimum absolute atomic E-state index is 0.189. The van der Waals surface area contributed by atoms with E-state index in [-0.39, 0.29) is 5.97 Å². The van der Waals surface area contributed by atoms with E-state index in [4.69, 9.17) is 0 Å². The van der Waals surface area contributed by atoms with Gasteiger partial charge in [0.25, 0.3) is 0 Å². The zero-order valence-corrected chi connectivity index (χ0v) is 7.56. The molecule has 0 heterocycles. The van der Waals surface area contributed by atoms with Gasteiger partial charge in [0, 0.05) is 5.33 Å². The molecule has 0 N–H and O–H groups in total. The lowest BCUT2D eigenvalue weighted by molar-refractivity contribution is -0.139. The summed E-state index contributed by atoms with van der Waals surface area (Å²) in [5.74, 6) is -0.189. The first-order valence-electron chi connectivity index (χ1n) is 3.09. The molecule has 0 saturated carbocycles. The van der Waals surface area contributed by atoms with Crippen LogP contribution < -0.4 is 0 Å². The normalized spacial score (nSPS) is 10.2. The highest BCUT2D eigenvalue weighted by Gasteiger charge is 1.92. The molecule has 0 fully saturated rings. The molecule has 0 aliphatic heterocycles. The van der Waals surface area contributed by atoms with Gasteiger partial charge in [0.1, 0.15) is 0 Å². The summed E-state index contributed by atoms with van der Waals surface area (Å²) in [6, 6.07) is 0. The second kappa shape index (κ2) is 6.81. The number of alkyl halides is 1. The maximum atomic E-state index is 10.5. The van der Waals surface area contributed by atoms with Gasteiger partial charge in [0.15, 0.2) is 0 Å². The van der Waals surface area contributed by atoms with Gasteiger partial charge >= 0.3 is 5.97 Å².